The Bertz CT molecular complexity index is 516. The van der Waals surface area contributed by atoms with E-state index in [9.17, 15) is 0 Å². The molecular formula is C12H18BrN5S. The minimum absolute atomic E-state index is 0.177. The monoisotopic (exact) mass is 343 g/mol. The van der Waals surface area contributed by atoms with Crippen LogP contribution in [0.25, 0.3) is 0 Å². The SMILES string of the molecule is CCCNC(Cc1csc(C)n1)c1c(Br)nnn1C. The van der Waals surface area contributed by atoms with Gasteiger partial charge in [-0.2, -0.15) is 0 Å². The highest BCUT2D eigenvalue weighted by molar-refractivity contribution is 9.10. The topological polar surface area (TPSA) is 55.6 Å². The van der Waals surface area contributed by atoms with Crippen LogP contribution in [0.5, 0.6) is 0 Å². The van der Waals surface area contributed by atoms with Crippen molar-refractivity contribution >= 4 is 27.3 Å². The summed E-state index contributed by atoms with van der Waals surface area (Å²) in [6, 6.07) is 0.177. The van der Waals surface area contributed by atoms with Gasteiger partial charge in [-0.15, -0.1) is 16.4 Å². The summed E-state index contributed by atoms with van der Waals surface area (Å²) in [6.07, 6.45) is 1.94. The molecule has 2 rings (SSSR count). The zero-order valence-electron chi connectivity index (χ0n) is 11.4. The van der Waals surface area contributed by atoms with Crippen molar-refractivity contribution in [1.82, 2.24) is 25.3 Å². The zero-order chi connectivity index (χ0) is 13.8. The van der Waals surface area contributed by atoms with Crippen LogP contribution in [0, 0.1) is 6.92 Å². The van der Waals surface area contributed by atoms with Gasteiger partial charge in [-0.25, -0.2) is 9.67 Å². The smallest absolute Gasteiger partial charge is 0.153 e. The van der Waals surface area contributed by atoms with Crippen LogP contribution in [0.15, 0.2) is 9.98 Å². The van der Waals surface area contributed by atoms with Crippen molar-refractivity contribution in [2.24, 2.45) is 7.05 Å². The molecule has 1 N–H and O–H groups in total. The van der Waals surface area contributed by atoms with Gasteiger partial charge in [0.15, 0.2) is 4.60 Å². The van der Waals surface area contributed by atoms with E-state index in [1.807, 2.05) is 18.7 Å². The molecule has 0 aromatic carbocycles. The van der Waals surface area contributed by atoms with Gasteiger partial charge < -0.3 is 5.32 Å². The molecular weight excluding hydrogens is 326 g/mol. The van der Waals surface area contributed by atoms with Crippen LogP contribution in [0.3, 0.4) is 0 Å². The second-order valence-corrected chi connectivity index (χ2v) is 6.27. The van der Waals surface area contributed by atoms with Gasteiger partial charge in [0.1, 0.15) is 0 Å². The molecule has 0 amide bonds. The van der Waals surface area contributed by atoms with Gasteiger partial charge in [-0.3, -0.25) is 0 Å². The lowest BCUT2D eigenvalue weighted by Crippen LogP contribution is -2.26. The highest BCUT2D eigenvalue weighted by Gasteiger charge is 2.20. The third-order valence-electron chi connectivity index (χ3n) is 2.88. The number of aryl methyl sites for hydroxylation is 2. The number of aromatic nitrogens is 4. The van der Waals surface area contributed by atoms with E-state index in [-0.39, 0.29) is 6.04 Å². The molecule has 1 atom stereocenters. The first-order chi connectivity index (χ1) is 9.11. The summed E-state index contributed by atoms with van der Waals surface area (Å²) >= 11 is 5.16. The van der Waals surface area contributed by atoms with E-state index in [0.29, 0.717) is 0 Å². The van der Waals surface area contributed by atoms with Crippen LogP contribution in [0.1, 0.15) is 35.8 Å². The minimum atomic E-state index is 0.177. The highest BCUT2D eigenvalue weighted by Crippen LogP contribution is 2.24. The third kappa shape index (κ3) is 3.61. The number of nitrogens with zero attached hydrogens (tertiary/aromatic N) is 4. The van der Waals surface area contributed by atoms with Crippen molar-refractivity contribution < 1.29 is 0 Å². The van der Waals surface area contributed by atoms with Crippen molar-refractivity contribution in [2.75, 3.05) is 6.54 Å². The number of rotatable bonds is 6. The highest BCUT2D eigenvalue weighted by atomic mass is 79.9. The van der Waals surface area contributed by atoms with Crippen molar-refractivity contribution in [3.63, 3.8) is 0 Å². The minimum Gasteiger partial charge on any atom is -0.308 e. The number of nitrogens with one attached hydrogen (secondary N) is 1. The number of halogens is 1. The molecule has 0 aliphatic rings. The van der Waals surface area contributed by atoms with E-state index in [4.69, 9.17) is 0 Å². The van der Waals surface area contributed by atoms with Crippen LogP contribution >= 0.6 is 27.3 Å². The van der Waals surface area contributed by atoms with E-state index < -0.39 is 0 Å². The fourth-order valence-electron chi connectivity index (χ4n) is 2.00. The number of thiazole rings is 1. The quantitative estimate of drug-likeness (QED) is 0.875. The van der Waals surface area contributed by atoms with Crippen molar-refractivity contribution in [2.45, 2.75) is 32.7 Å². The van der Waals surface area contributed by atoms with Gasteiger partial charge in [0.25, 0.3) is 0 Å². The lowest BCUT2D eigenvalue weighted by Gasteiger charge is -2.17. The summed E-state index contributed by atoms with van der Waals surface area (Å²) in [5, 5.41) is 14.9. The van der Waals surface area contributed by atoms with E-state index in [1.165, 1.54) is 0 Å². The molecule has 0 spiro atoms. The number of hydrogen-bond acceptors (Lipinski definition) is 5. The summed E-state index contributed by atoms with van der Waals surface area (Å²) < 4.78 is 2.62. The predicted molar refractivity (Wildman–Crippen MR) is 80.3 cm³/mol. The summed E-state index contributed by atoms with van der Waals surface area (Å²) in [4.78, 5) is 4.54. The van der Waals surface area contributed by atoms with Gasteiger partial charge in [0.2, 0.25) is 0 Å². The summed E-state index contributed by atoms with van der Waals surface area (Å²) in [6.45, 7) is 5.16. The number of hydrogen-bond donors (Lipinski definition) is 1. The average Bonchev–Trinajstić information content (AvgIpc) is 2.92. The Hall–Kier alpha value is -0.790. The Balaban J connectivity index is 2.20. The first-order valence-electron chi connectivity index (χ1n) is 6.31. The Kier molecular flexibility index (Phi) is 5.06. The van der Waals surface area contributed by atoms with Gasteiger partial charge >= 0.3 is 0 Å². The molecule has 0 saturated heterocycles. The Labute approximate surface area is 125 Å². The zero-order valence-corrected chi connectivity index (χ0v) is 13.8. The molecule has 0 radical (unpaired) electrons. The van der Waals surface area contributed by atoms with Crippen LogP contribution in [0.2, 0.25) is 0 Å². The van der Waals surface area contributed by atoms with Crippen LogP contribution in [-0.4, -0.2) is 26.5 Å². The molecule has 2 heterocycles. The standard InChI is InChI=1S/C12H18BrN5S/c1-4-5-14-10(6-9-7-19-8(2)15-9)11-12(13)16-17-18(11)3/h7,10,14H,4-6H2,1-3H3. The fraction of sp³-hybridized carbons (Fsp3) is 0.583. The maximum atomic E-state index is 4.54. The largest absolute Gasteiger partial charge is 0.308 e. The molecule has 19 heavy (non-hydrogen) atoms. The first-order valence-corrected chi connectivity index (χ1v) is 7.98. The van der Waals surface area contributed by atoms with Gasteiger partial charge in [0.05, 0.1) is 22.4 Å². The van der Waals surface area contributed by atoms with Gasteiger partial charge in [-0.1, -0.05) is 12.1 Å². The summed E-state index contributed by atoms with van der Waals surface area (Å²) in [5.41, 5.74) is 2.18. The fourth-order valence-corrected chi connectivity index (χ4v) is 3.23. The Morgan fingerprint density at radius 1 is 1.53 bits per heavy atom. The molecule has 2 aromatic heterocycles. The van der Waals surface area contributed by atoms with E-state index in [0.717, 1.165) is 40.4 Å². The van der Waals surface area contributed by atoms with Crippen molar-refractivity contribution in [3.05, 3.63) is 26.4 Å². The van der Waals surface area contributed by atoms with Crippen molar-refractivity contribution in [1.29, 1.82) is 0 Å². The molecule has 2 aromatic rings. The molecule has 5 nitrogen and oxygen atoms in total. The van der Waals surface area contributed by atoms with Crippen molar-refractivity contribution in [3.8, 4) is 0 Å². The summed E-state index contributed by atoms with van der Waals surface area (Å²) in [7, 11) is 1.92. The van der Waals surface area contributed by atoms with Gasteiger partial charge in [-0.05, 0) is 35.8 Å². The average molecular weight is 344 g/mol. The van der Waals surface area contributed by atoms with E-state index >= 15 is 0 Å². The lowest BCUT2D eigenvalue weighted by molar-refractivity contribution is 0.487. The maximum Gasteiger partial charge on any atom is 0.153 e. The van der Waals surface area contributed by atoms with Crippen LogP contribution in [0.4, 0.5) is 0 Å². The molecule has 0 aliphatic carbocycles. The van der Waals surface area contributed by atoms with Gasteiger partial charge in [0, 0.05) is 18.8 Å². The first kappa shape index (κ1) is 14.6. The molecule has 0 fully saturated rings. The Morgan fingerprint density at radius 3 is 2.84 bits per heavy atom. The molecule has 0 bridgehead atoms. The van der Waals surface area contributed by atoms with Crippen LogP contribution in [-0.2, 0) is 13.5 Å². The second kappa shape index (κ2) is 6.58. The molecule has 0 aliphatic heterocycles. The molecule has 1 unspecified atom stereocenters. The maximum absolute atomic E-state index is 4.54. The van der Waals surface area contributed by atoms with E-state index in [2.05, 4.69) is 48.8 Å². The molecule has 7 heteroatoms. The third-order valence-corrected chi connectivity index (χ3v) is 4.26. The Morgan fingerprint density at radius 2 is 2.32 bits per heavy atom. The second-order valence-electron chi connectivity index (χ2n) is 4.46. The molecule has 104 valence electrons. The lowest BCUT2D eigenvalue weighted by atomic mass is 10.1. The molecule has 0 saturated carbocycles. The van der Waals surface area contributed by atoms with E-state index in [1.54, 1.807) is 11.3 Å². The summed E-state index contributed by atoms with van der Waals surface area (Å²) in [5.74, 6) is 0. The predicted octanol–water partition coefficient (Wildman–Crippen LogP) is 2.63. The van der Waals surface area contributed by atoms with Crippen LogP contribution < -0.4 is 5.32 Å². The normalized spacial score (nSPS) is 12.8.